The molecule has 4 heteroatoms. The van der Waals surface area contributed by atoms with Crippen LogP contribution in [-0.4, -0.2) is 24.7 Å². The van der Waals surface area contributed by atoms with Crippen molar-refractivity contribution in [1.29, 1.82) is 0 Å². The molecule has 2 aliphatic rings. The normalized spacial score (nSPS) is 34.8. The Morgan fingerprint density at radius 1 is 1.50 bits per heavy atom. The lowest BCUT2D eigenvalue weighted by Crippen LogP contribution is -2.36. The first-order chi connectivity index (χ1) is 6.31. The van der Waals surface area contributed by atoms with Crippen molar-refractivity contribution in [2.75, 3.05) is 6.61 Å². The SMILES string of the molecule is CCOC(=O)[C@@H]1C[C@@H]2CCC[C@H]2N1.Cl. The van der Waals surface area contributed by atoms with E-state index in [0.29, 0.717) is 12.6 Å². The topological polar surface area (TPSA) is 38.3 Å². The third kappa shape index (κ3) is 2.20. The van der Waals surface area contributed by atoms with Gasteiger partial charge < -0.3 is 10.1 Å². The number of esters is 1. The van der Waals surface area contributed by atoms with Crippen LogP contribution in [0.5, 0.6) is 0 Å². The van der Waals surface area contributed by atoms with Crippen molar-refractivity contribution < 1.29 is 9.53 Å². The van der Waals surface area contributed by atoms with Crippen LogP contribution in [-0.2, 0) is 9.53 Å². The van der Waals surface area contributed by atoms with Crippen LogP contribution in [0.1, 0.15) is 32.6 Å². The van der Waals surface area contributed by atoms with Crippen LogP contribution in [0.15, 0.2) is 0 Å². The second-order valence-corrected chi connectivity index (χ2v) is 4.00. The van der Waals surface area contributed by atoms with E-state index in [9.17, 15) is 4.79 Å². The minimum Gasteiger partial charge on any atom is -0.465 e. The second kappa shape index (κ2) is 4.99. The summed E-state index contributed by atoms with van der Waals surface area (Å²) in [5.41, 5.74) is 0. The number of nitrogens with one attached hydrogen (secondary N) is 1. The number of carbonyl (C=O) groups excluding carboxylic acids is 1. The van der Waals surface area contributed by atoms with Crippen molar-refractivity contribution in [3.8, 4) is 0 Å². The number of hydrogen-bond donors (Lipinski definition) is 1. The number of rotatable bonds is 2. The Balaban J connectivity index is 0.000000980. The molecule has 2 fully saturated rings. The van der Waals surface area contributed by atoms with Gasteiger partial charge >= 0.3 is 5.97 Å². The molecule has 3 atom stereocenters. The Hall–Kier alpha value is -0.280. The molecule has 1 saturated carbocycles. The maximum atomic E-state index is 11.4. The van der Waals surface area contributed by atoms with Crippen LogP contribution in [0, 0.1) is 5.92 Å². The number of fused-ring (bicyclic) bond motifs is 1. The molecular formula is C10H18ClNO2. The monoisotopic (exact) mass is 219 g/mol. The van der Waals surface area contributed by atoms with E-state index in [1.807, 2.05) is 6.92 Å². The standard InChI is InChI=1S/C10H17NO2.ClH/c1-2-13-10(12)9-6-7-4-3-5-8(7)11-9;/h7-9,11H,2-6H2,1H3;1H/t7-,8+,9-;/m0./s1. The minimum absolute atomic E-state index is 0. The lowest BCUT2D eigenvalue weighted by molar-refractivity contribution is -0.145. The quantitative estimate of drug-likeness (QED) is 0.716. The molecule has 0 aromatic carbocycles. The van der Waals surface area contributed by atoms with Crippen molar-refractivity contribution in [1.82, 2.24) is 5.32 Å². The van der Waals surface area contributed by atoms with Gasteiger partial charge in [0.05, 0.1) is 6.61 Å². The van der Waals surface area contributed by atoms with Crippen LogP contribution in [0.3, 0.4) is 0 Å². The van der Waals surface area contributed by atoms with E-state index in [4.69, 9.17) is 4.74 Å². The summed E-state index contributed by atoms with van der Waals surface area (Å²) in [6.45, 7) is 2.35. The van der Waals surface area contributed by atoms with Crippen LogP contribution in [0.2, 0.25) is 0 Å². The maximum Gasteiger partial charge on any atom is 0.323 e. The van der Waals surface area contributed by atoms with Gasteiger partial charge in [-0.15, -0.1) is 12.4 Å². The average molecular weight is 220 g/mol. The predicted octanol–water partition coefficient (Wildman–Crippen LogP) is 1.50. The fraction of sp³-hybridized carbons (Fsp3) is 0.900. The Kier molecular flexibility index (Phi) is 4.20. The van der Waals surface area contributed by atoms with Crippen molar-refractivity contribution >= 4 is 18.4 Å². The molecule has 1 aliphatic heterocycles. The number of carbonyl (C=O) groups is 1. The van der Waals surface area contributed by atoms with Gasteiger partial charge in [0.25, 0.3) is 0 Å². The summed E-state index contributed by atoms with van der Waals surface area (Å²) in [6, 6.07) is 0.574. The highest BCUT2D eigenvalue weighted by molar-refractivity contribution is 5.85. The van der Waals surface area contributed by atoms with Crippen LogP contribution >= 0.6 is 12.4 Å². The fourth-order valence-corrected chi connectivity index (χ4v) is 2.57. The molecule has 0 bridgehead atoms. The largest absolute Gasteiger partial charge is 0.465 e. The van der Waals surface area contributed by atoms with E-state index in [2.05, 4.69) is 5.32 Å². The van der Waals surface area contributed by atoms with Gasteiger partial charge in [0.15, 0.2) is 0 Å². The van der Waals surface area contributed by atoms with Gasteiger partial charge in [0.1, 0.15) is 6.04 Å². The zero-order chi connectivity index (χ0) is 9.26. The summed E-state index contributed by atoms with van der Waals surface area (Å²) in [5.74, 6) is 0.673. The highest BCUT2D eigenvalue weighted by atomic mass is 35.5. The molecule has 1 heterocycles. The van der Waals surface area contributed by atoms with Gasteiger partial charge in [0.2, 0.25) is 0 Å². The molecule has 0 amide bonds. The molecule has 3 nitrogen and oxygen atoms in total. The van der Waals surface area contributed by atoms with Crippen molar-refractivity contribution in [2.24, 2.45) is 5.92 Å². The maximum absolute atomic E-state index is 11.4. The molecule has 2 rings (SSSR count). The van der Waals surface area contributed by atoms with Gasteiger partial charge in [-0.3, -0.25) is 4.79 Å². The van der Waals surface area contributed by atoms with Crippen molar-refractivity contribution in [3.63, 3.8) is 0 Å². The third-order valence-electron chi connectivity index (χ3n) is 3.18. The van der Waals surface area contributed by atoms with Gasteiger partial charge in [-0.05, 0) is 32.1 Å². The minimum atomic E-state index is -0.0584. The molecule has 0 aromatic heterocycles. The lowest BCUT2D eigenvalue weighted by atomic mass is 10.0. The van der Waals surface area contributed by atoms with E-state index in [-0.39, 0.29) is 24.4 Å². The Labute approximate surface area is 91.0 Å². The summed E-state index contributed by atoms with van der Waals surface area (Å²) < 4.78 is 4.99. The molecule has 0 aromatic rings. The summed E-state index contributed by atoms with van der Waals surface area (Å²) in [4.78, 5) is 11.4. The van der Waals surface area contributed by atoms with Gasteiger partial charge in [0, 0.05) is 6.04 Å². The molecule has 82 valence electrons. The van der Waals surface area contributed by atoms with E-state index < -0.39 is 0 Å². The summed E-state index contributed by atoms with van der Waals surface area (Å²) >= 11 is 0. The molecule has 0 unspecified atom stereocenters. The van der Waals surface area contributed by atoms with Crippen LogP contribution in [0.25, 0.3) is 0 Å². The Morgan fingerprint density at radius 3 is 2.93 bits per heavy atom. The zero-order valence-electron chi connectivity index (χ0n) is 8.49. The van der Waals surface area contributed by atoms with Gasteiger partial charge in [-0.2, -0.15) is 0 Å². The molecule has 0 spiro atoms. The molecular weight excluding hydrogens is 202 g/mol. The highest BCUT2D eigenvalue weighted by Gasteiger charge is 2.40. The summed E-state index contributed by atoms with van der Waals surface area (Å²) in [7, 11) is 0. The number of ether oxygens (including phenoxy) is 1. The van der Waals surface area contributed by atoms with Crippen molar-refractivity contribution in [2.45, 2.75) is 44.7 Å². The predicted molar refractivity (Wildman–Crippen MR) is 56.6 cm³/mol. The third-order valence-corrected chi connectivity index (χ3v) is 3.18. The Morgan fingerprint density at radius 2 is 2.29 bits per heavy atom. The first-order valence-corrected chi connectivity index (χ1v) is 5.24. The Bertz CT molecular complexity index is 198. The zero-order valence-corrected chi connectivity index (χ0v) is 9.31. The molecule has 1 aliphatic carbocycles. The number of halogens is 1. The smallest absolute Gasteiger partial charge is 0.323 e. The molecule has 1 saturated heterocycles. The van der Waals surface area contributed by atoms with Gasteiger partial charge in [-0.25, -0.2) is 0 Å². The second-order valence-electron chi connectivity index (χ2n) is 4.00. The molecule has 1 N–H and O–H groups in total. The number of hydrogen-bond acceptors (Lipinski definition) is 3. The summed E-state index contributed by atoms with van der Waals surface area (Å²) in [5, 5.41) is 3.36. The van der Waals surface area contributed by atoms with Crippen LogP contribution < -0.4 is 5.32 Å². The van der Waals surface area contributed by atoms with E-state index in [1.165, 1.54) is 19.3 Å². The molecule has 0 radical (unpaired) electrons. The first kappa shape index (κ1) is 11.8. The van der Waals surface area contributed by atoms with E-state index >= 15 is 0 Å². The van der Waals surface area contributed by atoms with E-state index in [0.717, 1.165) is 12.3 Å². The lowest BCUT2D eigenvalue weighted by Gasteiger charge is -2.11. The highest BCUT2D eigenvalue weighted by Crippen LogP contribution is 2.34. The molecule has 14 heavy (non-hydrogen) atoms. The summed E-state index contributed by atoms with van der Waals surface area (Å²) in [6.07, 6.45) is 4.83. The fourth-order valence-electron chi connectivity index (χ4n) is 2.57. The van der Waals surface area contributed by atoms with Crippen molar-refractivity contribution in [3.05, 3.63) is 0 Å². The first-order valence-electron chi connectivity index (χ1n) is 5.24. The van der Waals surface area contributed by atoms with Crippen LogP contribution in [0.4, 0.5) is 0 Å². The van der Waals surface area contributed by atoms with E-state index in [1.54, 1.807) is 0 Å². The van der Waals surface area contributed by atoms with Gasteiger partial charge in [-0.1, -0.05) is 6.42 Å². The average Bonchev–Trinajstić information content (AvgIpc) is 2.61.